The number of urea groups is 1. The van der Waals surface area contributed by atoms with Gasteiger partial charge in [-0.1, -0.05) is 86.1 Å². The summed E-state index contributed by atoms with van der Waals surface area (Å²) in [5.74, 6) is 1.74. The molecule has 0 spiro atoms. The highest BCUT2D eigenvalue weighted by molar-refractivity contribution is 5.96. The molecule has 3 heterocycles. The summed E-state index contributed by atoms with van der Waals surface area (Å²) in [5.41, 5.74) is 4.60. The molecule has 2 fully saturated rings. The average Bonchev–Trinajstić information content (AvgIpc) is 3.59. The van der Waals surface area contributed by atoms with Gasteiger partial charge in [0.2, 0.25) is 11.8 Å². The molecule has 2 aliphatic heterocycles. The van der Waals surface area contributed by atoms with Crippen LogP contribution in [0.25, 0.3) is 10.9 Å². The normalized spacial score (nSPS) is 17.0. The fourth-order valence-corrected chi connectivity index (χ4v) is 7.26. The molecule has 5 aromatic rings. The van der Waals surface area contributed by atoms with Gasteiger partial charge in [0.15, 0.2) is 0 Å². The minimum absolute atomic E-state index is 0. The first-order valence-electron chi connectivity index (χ1n) is 17.6. The largest absolute Gasteiger partial charge is 0.508 e. The zero-order valence-electron chi connectivity index (χ0n) is 29.8. The van der Waals surface area contributed by atoms with Crippen LogP contribution in [0.5, 0.6) is 5.75 Å². The Balaban J connectivity index is 0.00000514. The molecule has 0 saturated carbocycles. The Morgan fingerprint density at radius 3 is 2.38 bits per heavy atom. The molecular weight excluding hydrogens is 697 g/mol. The summed E-state index contributed by atoms with van der Waals surface area (Å²) < 4.78 is 1.81. The van der Waals surface area contributed by atoms with Crippen molar-refractivity contribution in [3.05, 3.63) is 131 Å². The molecular formula is C42H44N8O5. The van der Waals surface area contributed by atoms with Gasteiger partial charge in [-0.25, -0.2) is 14.8 Å². The minimum atomic E-state index is -0.905. The van der Waals surface area contributed by atoms with E-state index in [1.165, 1.54) is 5.01 Å². The van der Waals surface area contributed by atoms with E-state index in [1.54, 1.807) is 64.5 Å². The molecule has 55 heavy (non-hydrogen) atoms. The van der Waals surface area contributed by atoms with Gasteiger partial charge in [0, 0.05) is 37.5 Å². The number of aromatic hydroxyl groups is 1. The van der Waals surface area contributed by atoms with Crippen LogP contribution in [0.4, 0.5) is 4.79 Å². The third-order valence-electron chi connectivity index (χ3n) is 9.87. The van der Waals surface area contributed by atoms with Crippen molar-refractivity contribution in [2.75, 3.05) is 26.7 Å². The molecule has 282 valence electrons. The Morgan fingerprint density at radius 2 is 1.62 bits per heavy atom. The third kappa shape index (κ3) is 8.00. The van der Waals surface area contributed by atoms with Crippen LogP contribution in [0.3, 0.4) is 0 Å². The first kappa shape index (κ1) is 38.1. The van der Waals surface area contributed by atoms with Gasteiger partial charge in [-0.2, -0.15) is 5.10 Å². The van der Waals surface area contributed by atoms with E-state index < -0.39 is 18.2 Å². The smallest absolute Gasteiger partial charge is 0.334 e. The molecule has 3 N–H and O–H groups in total. The van der Waals surface area contributed by atoms with Gasteiger partial charge < -0.3 is 25.5 Å². The highest BCUT2D eigenvalue weighted by atomic mass is 16.3. The van der Waals surface area contributed by atoms with Crippen LogP contribution in [-0.4, -0.2) is 97.3 Å². The number of hydrogen-bond donors (Lipinski definition) is 3. The van der Waals surface area contributed by atoms with Crippen molar-refractivity contribution in [1.82, 2.24) is 40.2 Å². The van der Waals surface area contributed by atoms with Crippen LogP contribution in [-0.2, 0) is 35.6 Å². The summed E-state index contributed by atoms with van der Waals surface area (Å²) in [6, 6.07) is 27.9. The number of nitrogens with one attached hydrogen (secondary N) is 2. The summed E-state index contributed by atoms with van der Waals surface area (Å²) >= 11 is 0. The highest BCUT2D eigenvalue weighted by Gasteiger charge is 2.50. The number of phenols is 1. The minimum Gasteiger partial charge on any atom is -0.508 e. The van der Waals surface area contributed by atoms with Crippen molar-refractivity contribution in [3.63, 3.8) is 0 Å². The van der Waals surface area contributed by atoms with Crippen molar-refractivity contribution in [2.24, 2.45) is 0 Å². The Hall–Kier alpha value is -6.65. The van der Waals surface area contributed by atoms with Gasteiger partial charge in [0.1, 0.15) is 18.0 Å². The van der Waals surface area contributed by atoms with E-state index in [0.29, 0.717) is 12.1 Å². The molecule has 7 rings (SSSR count). The van der Waals surface area contributed by atoms with Gasteiger partial charge in [-0.05, 0) is 46.5 Å². The number of fused-ring (bicyclic) bond motifs is 2. The number of terminal acetylenes is 1. The van der Waals surface area contributed by atoms with Gasteiger partial charge in [0.05, 0.1) is 37.9 Å². The summed E-state index contributed by atoms with van der Waals surface area (Å²) in [6.45, 7) is 0.914. The van der Waals surface area contributed by atoms with E-state index in [1.807, 2.05) is 65.3 Å². The van der Waals surface area contributed by atoms with E-state index in [2.05, 4.69) is 21.7 Å². The lowest BCUT2D eigenvalue weighted by molar-refractivity contribution is -0.187. The standard InChI is InChI=1S/C41H40N8O5.CH4/c1-3-20-42-39(52)33-14-8-7-12-31(33)25-47-35-15-9-13-30(34(35)23-44-47)24-46-26-37-48(36(40(46)53)21-28-16-18-32(50)19-17-28)38(51)27-45(2)49(37)41(54)43-22-29-10-5-4-6-11-29;/h1,4-19,23,36-37,50H,20-22,24-27H2,2H3,(H,42,52)(H,43,54);1H4/t36-,37-;/m0./s1. The SMILES string of the molecule is C.C#CCNC(=O)c1ccccc1Cn1ncc2c(CN3C[C@H]4N(C(=O)CN(C)N4C(=O)NCc4ccccc4)[C@@H](Cc4ccc(O)cc4)C3=O)cccc21. The number of carbonyl (C=O) groups is 4. The van der Waals surface area contributed by atoms with Crippen LogP contribution in [0, 0.1) is 12.3 Å². The van der Waals surface area contributed by atoms with Crippen molar-refractivity contribution in [1.29, 1.82) is 0 Å². The predicted molar refractivity (Wildman–Crippen MR) is 208 cm³/mol. The van der Waals surface area contributed by atoms with Crippen molar-refractivity contribution < 1.29 is 24.3 Å². The highest BCUT2D eigenvalue weighted by Crippen LogP contribution is 2.30. The number of nitrogens with zero attached hydrogens (tertiary/aromatic N) is 6. The summed E-state index contributed by atoms with van der Waals surface area (Å²) in [5, 5.41) is 24.3. The van der Waals surface area contributed by atoms with Gasteiger partial charge in [-0.15, -0.1) is 6.42 Å². The molecule has 0 unspecified atom stereocenters. The first-order chi connectivity index (χ1) is 26.2. The predicted octanol–water partition coefficient (Wildman–Crippen LogP) is 3.97. The molecule has 13 heteroatoms. The summed E-state index contributed by atoms with van der Waals surface area (Å²) in [4.78, 5) is 58.3. The molecule has 0 aliphatic carbocycles. The van der Waals surface area contributed by atoms with Gasteiger partial charge >= 0.3 is 6.03 Å². The topological polar surface area (TPSA) is 143 Å². The number of piperazine rings is 1. The lowest BCUT2D eigenvalue weighted by atomic mass is 9.98. The van der Waals surface area contributed by atoms with Crippen LogP contribution < -0.4 is 10.6 Å². The number of hydrogen-bond acceptors (Lipinski definition) is 7. The average molecular weight is 741 g/mol. The second kappa shape index (κ2) is 16.6. The molecule has 2 saturated heterocycles. The van der Waals surface area contributed by atoms with Gasteiger partial charge in [-0.3, -0.25) is 19.1 Å². The van der Waals surface area contributed by atoms with Crippen molar-refractivity contribution in [2.45, 2.75) is 45.7 Å². The number of likely N-dealkylation sites (N-methyl/N-ethyl adjacent to an activating group) is 1. The fourth-order valence-electron chi connectivity index (χ4n) is 7.26. The Morgan fingerprint density at radius 1 is 0.891 bits per heavy atom. The fraction of sp³-hybridized carbons (Fsp3) is 0.262. The van der Waals surface area contributed by atoms with Crippen LogP contribution >= 0.6 is 0 Å². The van der Waals surface area contributed by atoms with E-state index in [9.17, 15) is 24.3 Å². The third-order valence-corrected chi connectivity index (χ3v) is 9.87. The van der Waals surface area contributed by atoms with Crippen molar-refractivity contribution >= 4 is 34.7 Å². The maximum atomic E-state index is 14.5. The Labute approximate surface area is 320 Å². The Kier molecular flexibility index (Phi) is 11.5. The quantitative estimate of drug-likeness (QED) is 0.184. The molecule has 5 amide bonds. The molecule has 2 aliphatic rings. The molecule has 0 radical (unpaired) electrons. The molecule has 0 bridgehead atoms. The zero-order chi connectivity index (χ0) is 37.8. The molecule has 1 aromatic heterocycles. The van der Waals surface area contributed by atoms with Crippen LogP contribution in [0.1, 0.15) is 40.0 Å². The number of phenolic OH excluding ortho intramolecular Hbond substituents is 1. The molecule has 4 aromatic carbocycles. The van der Waals surface area contributed by atoms with E-state index in [4.69, 9.17) is 6.42 Å². The maximum Gasteiger partial charge on any atom is 0.334 e. The lowest BCUT2D eigenvalue weighted by Gasteiger charge is -2.54. The van der Waals surface area contributed by atoms with Crippen LogP contribution in [0.15, 0.2) is 103 Å². The maximum absolute atomic E-state index is 14.5. The number of rotatable bonds is 10. The van der Waals surface area contributed by atoms with Crippen molar-refractivity contribution in [3.8, 4) is 18.1 Å². The van der Waals surface area contributed by atoms with Gasteiger partial charge in [0.25, 0.3) is 5.91 Å². The summed E-state index contributed by atoms with van der Waals surface area (Å²) in [6.07, 6.45) is 6.50. The second-order valence-corrected chi connectivity index (χ2v) is 13.4. The number of hydrazine groups is 1. The lowest BCUT2D eigenvalue weighted by Crippen LogP contribution is -2.76. The Bertz CT molecular complexity index is 2230. The number of amides is 5. The first-order valence-corrected chi connectivity index (χ1v) is 17.6. The summed E-state index contributed by atoms with van der Waals surface area (Å²) in [7, 11) is 1.69. The van der Waals surface area contributed by atoms with E-state index in [-0.39, 0.29) is 70.0 Å². The van der Waals surface area contributed by atoms with E-state index in [0.717, 1.165) is 33.2 Å². The number of aromatic nitrogens is 2. The second-order valence-electron chi connectivity index (χ2n) is 13.4. The van der Waals surface area contributed by atoms with E-state index >= 15 is 0 Å². The zero-order valence-corrected chi connectivity index (χ0v) is 29.8. The van der Waals surface area contributed by atoms with Crippen LogP contribution in [0.2, 0.25) is 0 Å². The number of carbonyl (C=O) groups excluding carboxylic acids is 4. The number of benzene rings is 4. The molecule has 13 nitrogen and oxygen atoms in total. The molecule has 2 atom stereocenters. The monoisotopic (exact) mass is 740 g/mol.